The third-order valence-electron chi connectivity index (χ3n) is 5.54. The van der Waals surface area contributed by atoms with Crippen molar-refractivity contribution in [1.82, 2.24) is 9.47 Å². The van der Waals surface area contributed by atoms with Gasteiger partial charge in [-0.15, -0.1) is 0 Å². The number of benzene rings is 1. The van der Waals surface area contributed by atoms with E-state index in [0.29, 0.717) is 18.7 Å². The van der Waals surface area contributed by atoms with Crippen LogP contribution in [-0.4, -0.2) is 52.4 Å². The number of hydrogen-bond donors (Lipinski definition) is 1. The van der Waals surface area contributed by atoms with Crippen molar-refractivity contribution in [1.29, 1.82) is 0 Å². The standard InChI is InChI=1S/C19H22N2O4/c1-20-15-5-3-2-4-13(15)14(10-18(20)23)19(24)21-6-7-25-17-9-12(11-22)8-16(17)21/h2-5,10,12,16-17,22H,6-9,11H2,1H3/t12-,16+,17+/m1/s1. The molecule has 0 spiro atoms. The first-order valence-corrected chi connectivity index (χ1v) is 8.72. The molecule has 6 heteroatoms. The lowest BCUT2D eigenvalue weighted by Crippen LogP contribution is -2.51. The first kappa shape index (κ1) is 16.3. The van der Waals surface area contributed by atoms with Gasteiger partial charge in [-0.1, -0.05) is 18.2 Å². The van der Waals surface area contributed by atoms with Crippen LogP contribution in [0.1, 0.15) is 23.2 Å². The van der Waals surface area contributed by atoms with E-state index in [2.05, 4.69) is 0 Å². The summed E-state index contributed by atoms with van der Waals surface area (Å²) in [7, 11) is 1.71. The van der Waals surface area contributed by atoms with Gasteiger partial charge in [0.1, 0.15) is 0 Å². The molecule has 132 valence electrons. The van der Waals surface area contributed by atoms with Gasteiger partial charge in [-0.3, -0.25) is 9.59 Å². The third kappa shape index (κ3) is 2.65. The minimum atomic E-state index is -0.188. The van der Waals surface area contributed by atoms with Crippen LogP contribution in [-0.2, 0) is 11.8 Å². The molecule has 6 nitrogen and oxygen atoms in total. The van der Waals surface area contributed by atoms with Gasteiger partial charge in [0.2, 0.25) is 0 Å². The van der Waals surface area contributed by atoms with Crippen LogP contribution in [0.25, 0.3) is 10.9 Å². The van der Waals surface area contributed by atoms with E-state index in [9.17, 15) is 14.7 Å². The fourth-order valence-corrected chi connectivity index (χ4v) is 4.19. The molecule has 3 atom stereocenters. The highest BCUT2D eigenvalue weighted by atomic mass is 16.5. The number of fused-ring (bicyclic) bond motifs is 2. The number of aryl methyl sites for hydroxylation is 1. The van der Waals surface area contributed by atoms with Gasteiger partial charge in [-0.2, -0.15) is 0 Å². The summed E-state index contributed by atoms with van der Waals surface area (Å²) < 4.78 is 7.37. The van der Waals surface area contributed by atoms with Crippen LogP contribution in [0.15, 0.2) is 35.1 Å². The Kier molecular flexibility index (Phi) is 4.09. The molecule has 25 heavy (non-hydrogen) atoms. The number of nitrogens with zero attached hydrogens (tertiary/aromatic N) is 2. The van der Waals surface area contributed by atoms with Crippen molar-refractivity contribution >= 4 is 16.8 Å². The van der Waals surface area contributed by atoms with Gasteiger partial charge in [0.15, 0.2) is 0 Å². The Hall–Kier alpha value is -2.18. The Balaban J connectivity index is 1.75. The van der Waals surface area contributed by atoms with Gasteiger partial charge in [-0.05, 0) is 24.8 Å². The topological polar surface area (TPSA) is 71.8 Å². The molecule has 2 heterocycles. The summed E-state index contributed by atoms with van der Waals surface area (Å²) in [4.78, 5) is 27.4. The van der Waals surface area contributed by atoms with Crippen molar-refractivity contribution in [3.8, 4) is 0 Å². The van der Waals surface area contributed by atoms with Gasteiger partial charge in [0.05, 0.1) is 29.8 Å². The second-order valence-corrected chi connectivity index (χ2v) is 6.97. The number of aliphatic hydroxyl groups excluding tert-OH is 1. The molecular weight excluding hydrogens is 320 g/mol. The molecule has 1 aliphatic heterocycles. The quantitative estimate of drug-likeness (QED) is 0.889. The number of rotatable bonds is 2. The van der Waals surface area contributed by atoms with Crippen LogP contribution in [0.5, 0.6) is 0 Å². The molecule has 1 saturated carbocycles. The summed E-state index contributed by atoms with van der Waals surface area (Å²) in [6.45, 7) is 1.13. The number of hydrogen-bond acceptors (Lipinski definition) is 4. The number of aromatic nitrogens is 1. The second-order valence-electron chi connectivity index (χ2n) is 6.97. The van der Waals surface area contributed by atoms with E-state index >= 15 is 0 Å². The molecular formula is C19H22N2O4. The molecule has 0 radical (unpaired) electrons. The molecule has 1 aliphatic carbocycles. The summed E-state index contributed by atoms with van der Waals surface area (Å²) in [6.07, 6.45) is 1.51. The minimum Gasteiger partial charge on any atom is -0.396 e. The van der Waals surface area contributed by atoms with Crippen molar-refractivity contribution in [3.63, 3.8) is 0 Å². The summed E-state index contributed by atoms with van der Waals surface area (Å²) in [6, 6.07) is 8.89. The van der Waals surface area contributed by atoms with E-state index < -0.39 is 0 Å². The number of carbonyl (C=O) groups is 1. The van der Waals surface area contributed by atoms with E-state index in [0.717, 1.165) is 23.7 Å². The molecule has 4 rings (SSSR count). The van der Waals surface area contributed by atoms with E-state index in [-0.39, 0.29) is 36.1 Å². The van der Waals surface area contributed by atoms with Crippen LogP contribution >= 0.6 is 0 Å². The number of morpholine rings is 1. The summed E-state index contributed by atoms with van der Waals surface area (Å²) in [5, 5.41) is 10.2. The number of ether oxygens (including phenoxy) is 1. The van der Waals surface area contributed by atoms with Crippen LogP contribution in [0.2, 0.25) is 0 Å². The molecule has 1 aromatic carbocycles. The van der Waals surface area contributed by atoms with E-state index in [1.54, 1.807) is 11.6 Å². The summed E-state index contributed by atoms with van der Waals surface area (Å²) >= 11 is 0. The predicted octanol–water partition coefficient (Wildman–Crippen LogP) is 1.15. The largest absolute Gasteiger partial charge is 0.396 e. The van der Waals surface area contributed by atoms with Crippen molar-refractivity contribution in [2.24, 2.45) is 13.0 Å². The zero-order chi connectivity index (χ0) is 17.6. The monoisotopic (exact) mass is 342 g/mol. The number of pyridine rings is 1. The van der Waals surface area contributed by atoms with Gasteiger partial charge < -0.3 is 19.3 Å². The Labute approximate surface area is 145 Å². The lowest BCUT2D eigenvalue weighted by molar-refractivity contribution is -0.0448. The first-order valence-electron chi connectivity index (χ1n) is 8.72. The maximum absolute atomic E-state index is 13.3. The average Bonchev–Trinajstić information content (AvgIpc) is 3.07. The maximum atomic E-state index is 13.3. The number of para-hydroxylation sites is 1. The van der Waals surface area contributed by atoms with Gasteiger partial charge >= 0.3 is 0 Å². The number of carbonyl (C=O) groups excluding carboxylic acids is 1. The highest BCUT2D eigenvalue weighted by Crippen LogP contribution is 2.35. The SMILES string of the molecule is Cn1c(=O)cc(C(=O)N2CCO[C@H]3C[C@H](CO)C[C@@H]32)c2ccccc21. The van der Waals surface area contributed by atoms with E-state index in [1.807, 2.05) is 29.2 Å². The first-order chi connectivity index (χ1) is 12.1. The van der Waals surface area contributed by atoms with Gasteiger partial charge in [0.25, 0.3) is 11.5 Å². The second kappa shape index (κ2) is 6.28. The fourth-order valence-electron chi connectivity index (χ4n) is 4.19. The smallest absolute Gasteiger partial charge is 0.255 e. The molecule has 0 unspecified atom stereocenters. The molecule has 2 aromatic rings. The average molecular weight is 342 g/mol. The molecule has 1 saturated heterocycles. The van der Waals surface area contributed by atoms with Crippen LogP contribution < -0.4 is 5.56 Å². The molecule has 1 aromatic heterocycles. The Bertz CT molecular complexity index is 875. The summed E-state index contributed by atoms with van der Waals surface area (Å²) in [5.41, 5.74) is 1.01. The van der Waals surface area contributed by atoms with Crippen molar-refractivity contribution in [2.75, 3.05) is 19.8 Å². The Morgan fingerprint density at radius 3 is 2.92 bits per heavy atom. The van der Waals surface area contributed by atoms with Gasteiger partial charge in [-0.25, -0.2) is 0 Å². The zero-order valence-electron chi connectivity index (χ0n) is 14.2. The van der Waals surface area contributed by atoms with Gasteiger partial charge in [0, 0.05) is 31.7 Å². The third-order valence-corrected chi connectivity index (χ3v) is 5.54. The highest BCUT2D eigenvalue weighted by Gasteiger charge is 2.43. The van der Waals surface area contributed by atoms with Crippen molar-refractivity contribution < 1.29 is 14.6 Å². The maximum Gasteiger partial charge on any atom is 0.255 e. The molecule has 2 fully saturated rings. The Morgan fingerprint density at radius 2 is 2.12 bits per heavy atom. The van der Waals surface area contributed by atoms with Crippen molar-refractivity contribution in [2.45, 2.75) is 25.0 Å². The number of aliphatic hydroxyl groups is 1. The predicted molar refractivity (Wildman–Crippen MR) is 93.6 cm³/mol. The highest BCUT2D eigenvalue weighted by molar-refractivity contribution is 6.06. The number of amides is 1. The fraction of sp³-hybridized carbons (Fsp3) is 0.474. The van der Waals surface area contributed by atoms with Crippen molar-refractivity contribution in [3.05, 3.63) is 46.2 Å². The van der Waals surface area contributed by atoms with E-state index in [1.165, 1.54) is 6.07 Å². The molecule has 0 bridgehead atoms. The molecule has 1 N–H and O–H groups in total. The molecule has 1 amide bonds. The van der Waals surface area contributed by atoms with E-state index in [4.69, 9.17) is 4.74 Å². The van der Waals surface area contributed by atoms with Crippen LogP contribution in [0.4, 0.5) is 0 Å². The zero-order valence-corrected chi connectivity index (χ0v) is 14.2. The summed E-state index contributed by atoms with van der Waals surface area (Å²) in [5.74, 6) is 0.0505. The lowest BCUT2D eigenvalue weighted by atomic mass is 10.0. The minimum absolute atomic E-state index is 0.0207. The lowest BCUT2D eigenvalue weighted by Gasteiger charge is -2.37. The van der Waals surface area contributed by atoms with Crippen LogP contribution in [0, 0.1) is 5.92 Å². The normalized spacial score (nSPS) is 26.0. The molecule has 2 aliphatic rings. The van der Waals surface area contributed by atoms with Crippen LogP contribution in [0.3, 0.4) is 0 Å². The Morgan fingerprint density at radius 1 is 1.32 bits per heavy atom.